The van der Waals surface area contributed by atoms with Crippen LogP contribution in [0.4, 0.5) is 0 Å². The molecule has 1 aromatic carbocycles. The summed E-state index contributed by atoms with van der Waals surface area (Å²) in [5, 5.41) is 0. The fourth-order valence-corrected chi connectivity index (χ4v) is 4.47. The Bertz CT molecular complexity index is 552. The van der Waals surface area contributed by atoms with Crippen molar-refractivity contribution in [3.8, 4) is 0 Å². The Balaban J connectivity index is 1.51. The molecule has 2 aliphatic rings. The molecule has 0 aliphatic carbocycles. The number of carbonyl (C=O) groups is 1. The Morgan fingerprint density at radius 1 is 1.28 bits per heavy atom. The first-order valence-corrected chi connectivity index (χ1v) is 9.79. The maximum Gasteiger partial charge on any atom is 0.219 e. The highest BCUT2D eigenvalue weighted by atomic mass is 16.5. The highest BCUT2D eigenvalue weighted by Gasteiger charge is 2.41. The van der Waals surface area contributed by atoms with Crippen molar-refractivity contribution < 1.29 is 9.53 Å². The standard InChI is InChI=1S/C21H32N2O2/c1-3-23(18(2)24)20-10-16-25-21(17-20)11-14-22(15-12-21)13-9-19-7-5-4-6-8-19/h4-8,20H,3,9-17H2,1-2H3/t20-/m0/s1. The predicted octanol–water partition coefficient (Wildman–Crippen LogP) is 3.11. The van der Waals surface area contributed by atoms with E-state index < -0.39 is 0 Å². The fraction of sp³-hybridized carbons (Fsp3) is 0.667. The molecule has 2 saturated heterocycles. The van der Waals surface area contributed by atoms with Crippen LogP contribution in [0.2, 0.25) is 0 Å². The number of nitrogens with zero attached hydrogens (tertiary/aromatic N) is 2. The molecule has 4 heteroatoms. The van der Waals surface area contributed by atoms with Gasteiger partial charge in [-0.3, -0.25) is 4.79 Å². The van der Waals surface area contributed by atoms with Gasteiger partial charge >= 0.3 is 0 Å². The van der Waals surface area contributed by atoms with Crippen molar-refractivity contribution in [3.05, 3.63) is 35.9 Å². The van der Waals surface area contributed by atoms with Gasteiger partial charge in [0.05, 0.1) is 5.60 Å². The van der Waals surface area contributed by atoms with Crippen LogP contribution in [0, 0.1) is 0 Å². The zero-order valence-electron chi connectivity index (χ0n) is 15.7. The Labute approximate surface area is 152 Å². The number of likely N-dealkylation sites (tertiary alicyclic amines) is 1. The fourth-order valence-electron chi connectivity index (χ4n) is 4.47. The van der Waals surface area contributed by atoms with Crippen molar-refractivity contribution in [1.82, 2.24) is 9.80 Å². The summed E-state index contributed by atoms with van der Waals surface area (Å²) in [7, 11) is 0. The summed E-state index contributed by atoms with van der Waals surface area (Å²) in [4.78, 5) is 16.5. The van der Waals surface area contributed by atoms with E-state index in [1.165, 1.54) is 5.56 Å². The second kappa shape index (κ2) is 8.33. The molecule has 138 valence electrons. The summed E-state index contributed by atoms with van der Waals surface area (Å²) in [6.07, 6.45) is 5.28. The van der Waals surface area contributed by atoms with Gasteiger partial charge in [-0.2, -0.15) is 0 Å². The van der Waals surface area contributed by atoms with Crippen LogP contribution in [0.5, 0.6) is 0 Å². The van der Waals surface area contributed by atoms with E-state index in [4.69, 9.17) is 4.74 Å². The van der Waals surface area contributed by atoms with Gasteiger partial charge in [0.25, 0.3) is 0 Å². The lowest BCUT2D eigenvalue weighted by Crippen LogP contribution is -2.54. The third-order valence-electron chi connectivity index (χ3n) is 5.98. The van der Waals surface area contributed by atoms with Crippen LogP contribution in [-0.4, -0.2) is 60.1 Å². The Kier molecular flexibility index (Phi) is 6.13. The summed E-state index contributed by atoms with van der Waals surface area (Å²) in [5.74, 6) is 0.199. The van der Waals surface area contributed by atoms with Gasteiger partial charge in [0.2, 0.25) is 5.91 Å². The van der Waals surface area contributed by atoms with E-state index in [2.05, 4.69) is 42.2 Å². The van der Waals surface area contributed by atoms with Crippen LogP contribution in [0.3, 0.4) is 0 Å². The molecule has 0 N–H and O–H groups in total. The highest BCUT2D eigenvalue weighted by Crippen LogP contribution is 2.36. The molecule has 2 heterocycles. The number of amides is 1. The van der Waals surface area contributed by atoms with Crippen LogP contribution in [0.1, 0.15) is 45.1 Å². The quantitative estimate of drug-likeness (QED) is 0.823. The molecule has 1 spiro atoms. The molecule has 1 amide bonds. The van der Waals surface area contributed by atoms with Gasteiger partial charge in [0.1, 0.15) is 0 Å². The molecule has 2 aliphatic heterocycles. The molecule has 3 rings (SSSR count). The average Bonchev–Trinajstić information content (AvgIpc) is 2.63. The van der Waals surface area contributed by atoms with Crippen molar-refractivity contribution in [3.63, 3.8) is 0 Å². The van der Waals surface area contributed by atoms with E-state index in [-0.39, 0.29) is 11.5 Å². The summed E-state index contributed by atoms with van der Waals surface area (Å²) in [6.45, 7) is 8.70. The van der Waals surface area contributed by atoms with Gasteiger partial charge in [-0.1, -0.05) is 30.3 Å². The van der Waals surface area contributed by atoms with Gasteiger partial charge in [-0.05, 0) is 44.6 Å². The molecule has 2 fully saturated rings. The van der Waals surface area contributed by atoms with E-state index in [0.29, 0.717) is 6.04 Å². The first-order chi connectivity index (χ1) is 12.1. The maximum atomic E-state index is 11.9. The highest BCUT2D eigenvalue weighted by molar-refractivity contribution is 5.73. The van der Waals surface area contributed by atoms with Gasteiger partial charge < -0.3 is 14.5 Å². The summed E-state index contributed by atoms with van der Waals surface area (Å²) < 4.78 is 6.26. The normalized spacial score (nSPS) is 23.5. The topological polar surface area (TPSA) is 32.8 Å². The second-order valence-corrected chi connectivity index (χ2v) is 7.56. The Morgan fingerprint density at radius 2 is 2.00 bits per heavy atom. The largest absolute Gasteiger partial charge is 0.375 e. The molecule has 0 unspecified atom stereocenters. The SMILES string of the molecule is CCN(C(C)=O)[C@H]1CCOC2(CCN(CCc3ccccc3)CC2)C1. The molecular formula is C21H32N2O2. The third-order valence-corrected chi connectivity index (χ3v) is 5.98. The van der Waals surface area contributed by atoms with Crippen LogP contribution < -0.4 is 0 Å². The minimum Gasteiger partial charge on any atom is -0.375 e. The number of rotatable bonds is 5. The van der Waals surface area contributed by atoms with Crippen LogP contribution in [0.25, 0.3) is 0 Å². The van der Waals surface area contributed by atoms with Gasteiger partial charge in [0.15, 0.2) is 0 Å². The summed E-state index contributed by atoms with van der Waals surface area (Å²) in [5.41, 5.74) is 1.41. The number of carbonyl (C=O) groups excluding carboxylic acids is 1. The molecule has 4 nitrogen and oxygen atoms in total. The number of hydrogen-bond acceptors (Lipinski definition) is 3. The monoisotopic (exact) mass is 344 g/mol. The molecule has 1 atom stereocenters. The first kappa shape index (κ1) is 18.4. The number of ether oxygens (including phenoxy) is 1. The number of hydrogen-bond donors (Lipinski definition) is 0. The lowest BCUT2D eigenvalue weighted by molar-refractivity contribution is -0.148. The second-order valence-electron chi connectivity index (χ2n) is 7.56. The smallest absolute Gasteiger partial charge is 0.219 e. The van der Waals surface area contributed by atoms with Gasteiger partial charge in [-0.25, -0.2) is 0 Å². The van der Waals surface area contributed by atoms with Crippen LogP contribution in [-0.2, 0) is 16.0 Å². The summed E-state index contributed by atoms with van der Waals surface area (Å²) >= 11 is 0. The van der Waals surface area contributed by atoms with Crippen molar-refractivity contribution >= 4 is 5.91 Å². The molecule has 1 aromatic rings. The zero-order chi connectivity index (χ0) is 17.7. The van der Waals surface area contributed by atoms with Gasteiger partial charge in [0, 0.05) is 45.8 Å². The summed E-state index contributed by atoms with van der Waals surface area (Å²) in [6, 6.07) is 11.1. The van der Waals surface area contributed by atoms with E-state index in [0.717, 1.165) is 64.9 Å². The molecular weight excluding hydrogens is 312 g/mol. The van der Waals surface area contributed by atoms with E-state index in [9.17, 15) is 4.79 Å². The van der Waals surface area contributed by atoms with E-state index in [1.54, 1.807) is 6.92 Å². The van der Waals surface area contributed by atoms with Crippen LogP contribution >= 0.6 is 0 Å². The minimum absolute atomic E-state index is 0.00493. The maximum absolute atomic E-state index is 11.9. The number of benzene rings is 1. The molecule has 0 aromatic heterocycles. The molecule has 0 radical (unpaired) electrons. The van der Waals surface area contributed by atoms with Crippen LogP contribution in [0.15, 0.2) is 30.3 Å². The van der Waals surface area contributed by atoms with Gasteiger partial charge in [-0.15, -0.1) is 0 Å². The van der Waals surface area contributed by atoms with Crippen molar-refractivity contribution in [2.24, 2.45) is 0 Å². The molecule has 0 bridgehead atoms. The van der Waals surface area contributed by atoms with E-state index >= 15 is 0 Å². The molecule has 0 saturated carbocycles. The zero-order valence-corrected chi connectivity index (χ0v) is 15.7. The van der Waals surface area contributed by atoms with Crippen molar-refractivity contribution in [1.29, 1.82) is 0 Å². The minimum atomic E-state index is -0.00493. The Morgan fingerprint density at radius 3 is 2.64 bits per heavy atom. The lowest BCUT2D eigenvalue weighted by Gasteiger charge is -2.48. The average molecular weight is 344 g/mol. The Hall–Kier alpha value is -1.39. The predicted molar refractivity (Wildman–Crippen MR) is 101 cm³/mol. The lowest BCUT2D eigenvalue weighted by atomic mass is 9.81. The third kappa shape index (κ3) is 4.62. The number of piperidine rings is 1. The van der Waals surface area contributed by atoms with Crippen molar-refractivity contribution in [2.75, 3.05) is 32.8 Å². The van der Waals surface area contributed by atoms with Crippen molar-refractivity contribution in [2.45, 2.75) is 57.6 Å². The van der Waals surface area contributed by atoms with E-state index in [1.807, 2.05) is 4.90 Å². The molecule has 25 heavy (non-hydrogen) atoms. The first-order valence-electron chi connectivity index (χ1n) is 9.79.